The molecule has 2 atom stereocenters. The highest BCUT2D eigenvalue weighted by Gasteiger charge is 2.39. The first-order chi connectivity index (χ1) is 8.85. The van der Waals surface area contributed by atoms with Crippen LogP contribution < -0.4 is 0 Å². The molecule has 3 nitrogen and oxygen atoms in total. The minimum absolute atomic E-state index is 0.397. The summed E-state index contributed by atoms with van der Waals surface area (Å²) in [6.45, 7) is 10.1. The normalized spacial score (nSPS) is 29.3. The molecular weight excluding hydrogens is 262 g/mol. The van der Waals surface area contributed by atoms with E-state index >= 15 is 0 Å². The van der Waals surface area contributed by atoms with Crippen LogP contribution in [0.25, 0.3) is 0 Å². The topological polar surface area (TPSA) is 41.8 Å². The molecule has 0 amide bonds. The van der Waals surface area contributed by atoms with E-state index in [0.29, 0.717) is 5.16 Å². The number of allylic oxidation sites excluding steroid dienone is 1. The van der Waals surface area contributed by atoms with E-state index < -0.39 is 11.9 Å². The van der Waals surface area contributed by atoms with Crippen molar-refractivity contribution < 1.29 is 9.84 Å². The van der Waals surface area contributed by atoms with Crippen LogP contribution in [0.15, 0.2) is 26.9 Å². The summed E-state index contributed by atoms with van der Waals surface area (Å²) in [5, 5.41) is 10.5. The number of aliphatic hydroxyl groups excluding tert-OH is 1. The first-order valence-corrected chi connectivity index (χ1v) is 7.20. The molecule has 0 bridgehead atoms. The zero-order chi connectivity index (χ0) is 14.6. The molecule has 19 heavy (non-hydrogen) atoms. The second-order valence-electron chi connectivity index (χ2n) is 5.21. The van der Waals surface area contributed by atoms with Gasteiger partial charge in [-0.1, -0.05) is 31.9 Å². The molecule has 1 N–H and O–H groups in total. The lowest BCUT2D eigenvalue weighted by atomic mass is 9.91. The van der Waals surface area contributed by atoms with Gasteiger partial charge in [-0.3, -0.25) is 0 Å². The van der Waals surface area contributed by atoms with Crippen molar-refractivity contribution in [2.75, 3.05) is 0 Å². The maximum atomic E-state index is 10.00. The van der Waals surface area contributed by atoms with Gasteiger partial charge in [0, 0.05) is 11.8 Å². The number of hydrogen-bond donors (Lipinski definition) is 1. The smallest absolute Gasteiger partial charge is 0.183 e. The largest absolute Gasteiger partial charge is 0.364 e. The van der Waals surface area contributed by atoms with Gasteiger partial charge in [0.25, 0.3) is 0 Å². The van der Waals surface area contributed by atoms with Gasteiger partial charge in [-0.25, -0.2) is 4.99 Å². The molecule has 0 aromatic heterocycles. The van der Waals surface area contributed by atoms with Crippen molar-refractivity contribution in [2.24, 2.45) is 4.99 Å². The van der Waals surface area contributed by atoms with E-state index in [2.05, 4.69) is 11.9 Å². The molecule has 1 heterocycles. The van der Waals surface area contributed by atoms with Crippen LogP contribution in [0.1, 0.15) is 53.9 Å². The molecule has 0 aliphatic carbocycles. The SMILES string of the molecule is CCCC1(C)OC(O)C(/C=N\C(Cl)=C(/C)CC)=C1C. The summed E-state index contributed by atoms with van der Waals surface area (Å²) < 4.78 is 5.66. The summed E-state index contributed by atoms with van der Waals surface area (Å²) in [5.74, 6) is 0. The monoisotopic (exact) mass is 285 g/mol. The van der Waals surface area contributed by atoms with E-state index in [9.17, 15) is 5.11 Å². The van der Waals surface area contributed by atoms with Gasteiger partial charge in [-0.2, -0.15) is 0 Å². The number of ether oxygens (including phenoxy) is 1. The Kier molecular flexibility index (Phi) is 5.78. The highest BCUT2D eigenvalue weighted by molar-refractivity contribution is 6.30. The van der Waals surface area contributed by atoms with Gasteiger partial charge in [0.15, 0.2) is 6.29 Å². The summed E-state index contributed by atoms with van der Waals surface area (Å²) in [7, 11) is 0. The second-order valence-corrected chi connectivity index (χ2v) is 5.57. The van der Waals surface area contributed by atoms with E-state index in [0.717, 1.165) is 36.0 Å². The van der Waals surface area contributed by atoms with Crippen molar-refractivity contribution in [1.29, 1.82) is 0 Å². The van der Waals surface area contributed by atoms with E-state index in [1.54, 1.807) is 6.21 Å². The highest BCUT2D eigenvalue weighted by Crippen LogP contribution is 2.37. The van der Waals surface area contributed by atoms with Crippen molar-refractivity contribution in [3.8, 4) is 0 Å². The number of hydrogen-bond acceptors (Lipinski definition) is 3. The van der Waals surface area contributed by atoms with Crippen molar-refractivity contribution in [3.05, 3.63) is 21.9 Å². The lowest BCUT2D eigenvalue weighted by molar-refractivity contribution is -0.123. The van der Waals surface area contributed by atoms with Crippen LogP contribution in [-0.2, 0) is 4.74 Å². The van der Waals surface area contributed by atoms with E-state index in [1.807, 2.05) is 27.7 Å². The first kappa shape index (κ1) is 16.4. The maximum Gasteiger partial charge on any atom is 0.183 e. The molecule has 108 valence electrons. The Labute approximate surface area is 121 Å². The molecule has 0 aromatic rings. The van der Waals surface area contributed by atoms with Crippen LogP contribution in [0.2, 0.25) is 0 Å². The summed E-state index contributed by atoms with van der Waals surface area (Å²) in [6.07, 6.45) is 3.46. The van der Waals surface area contributed by atoms with Crippen molar-refractivity contribution in [1.82, 2.24) is 0 Å². The van der Waals surface area contributed by atoms with Crippen LogP contribution in [-0.4, -0.2) is 23.2 Å². The van der Waals surface area contributed by atoms with Gasteiger partial charge < -0.3 is 9.84 Å². The minimum Gasteiger partial charge on any atom is -0.364 e. The molecular formula is C15H24ClNO2. The van der Waals surface area contributed by atoms with Crippen LogP contribution in [0.3, 0.4) is 0 Å². The Morgan fingerprint density at radius 3 is 2.68 bits per heavy atom. The number of aliphatic hydroxyl groups is 1. The van der Waals surface area contributed by atoms with Gasteiger partial charge in [0.1, 0.15) is 5.16 Å². The molecule has 0 fully saturated rings. The molecule has 1 aliphatic heterocycles. The van der Waals surface area contributed by atoms with Gasteiger partial charge in [-0.05, 0) is 44.8 Å². The van der Waals surface area contributed by atoms with Crippen LogP contribution in [0, 0.1) is 0 Å². The molecule has 1 rings (SSSR count). The third kappa shape index (κ3) is 3.68. The van der Waals surface area contributed by atoms with Crippen molar-refractivity contribution >= 4 is 17.8 Å². The van der Waals surface area contributed by atoms with E-state index in [-0.39, 0.29) is 0 Å². The molecule has 0 saturated carbocycles. The fourth-order valence-electron chi connectivity index (χ4n) is 2.16. The molecule has 0 radical (unpaired) electrons. The fraction of sp³-hybridized carbons (Fsp3) is 0.667. The Balaban J connectivity index is 3.00. The zero-order valence-electron chi connectivity index (χ0n) is 12.5. The van der Waals surface area contributed by atoms with Gasteiger partial charge in [0.2, 0.25) is 0 Å². The zero-order valence-corrected chi connectivity index (χ0v) is 13.2. The van der Waals surface area contributed by atoms with E-state index in [4.69, 9.17) is 16.3 Å². The summed E-state index contributed by atoms with van der Waals surface area (Å²) in [6, 6.07) is 0. The van der Waals surface area contributed by atoms with E-state index in [1.165, 1.54) is 0 Å². The van der Waals surface area contributed by atoms with Gasteiger partial charge >= 0.3 is 0 Å². The molecule has 0 aromatic carbocycles. The van der Waals surface area contributed by atoms with Crippen LogP contribution in [0.5, 0.6) is 0 Å². The third-order valence-corrected chi connectivity index (χ3v) is 4.21. The molecule has 1 aliphatic rings. The molecule has 2 unspecified atom stereocenters. The summed E-state index contributed by atoms with van der Waals surface area (Å²) in [4.78, 5) is 4.23. The quantitative estimate of drug-likeness (QED) is 0.609. The number of nitrogens with zero attached hydrogens (tertiary/aromatic N) is 1. The second kappa shape index (κ2) is 6.69. The van der Waals surface area contributed by atoms with Crippen LogP contribution in [0.4, 0.5) is 0 Å². The third-order valence-electron chi connectivity index (χ3n) is 3.79. The lowest BCUT2D eigenvalue weighted by Crippen LogP contribution is -2.27. The average Bonchev–Trinajstić information content (AvgIpc) is 2.57. The molecule has 4 heteroatoms. The predicted molar refractivity (Wildman–Crippen MR) is 80.4 cm³/mol. The van der Waals surface area contributed by atoms with Crippen molar-refractivity contribution in [3.63, 3.8) is 0 Å². The molecule has 0 saturated heterocycles. The fourth-order valence-corrected chi connectivity index (χ4v) is 2.34. The Bertz CT molecular complexity index is 426. The maximum absolute atomic E-state index is 10.00. The minimum atomic E-state index is -0.910. The Morgan fingerprint density at radius 1 is 1.53 bits per heavy atom. The van der Waals surface area contributed by atoms with Gasteiger partial charge in [0.05, 0.1) is 5.60 Å². The number of aliphatic imine (C=N–C) groups is 1. The summed E-state index contributed by atoms with van der Waals surface area (Å²) in [5.41, 5.74) is 2.38. The summed E-state index contributed by atoms with van der Waals surface area (Å²) >= 11 is 6.07. The Morgan fingerprint density at radius 2 is 2.16 bits per heavy atom. The Hall–Kier alpha value is -0.640. The lowest BCUT2D eigenvalue weighted by Gasteiger charge is -2.25. The molecule has 0 spiro atoms. The first-order valence-electron chi connectivity index (χ1n) is 6.82. The standard InChI is InChI=1S/C15H24ClNO2/c1-6-8-15(5)11(4)12(14(18)19-15)9-17-13(16)10(3)7-2/h9,14,18H,6-8H2,1-5H3/b13-10+,17-9-. The van der Waals surface area contributed by atoms with Crippen molar-refractivity contribution in [2.45, 2.75) is 65.8 Å². The number of rotatable bonds is 5. The van der Waals surface area contributed by atoms with Crippen LogP contribution >= 0.6 is 11.6 Å². The van der Waals surface area contributed by atoms with Gasteiger partial charge in [-0.15, -0.1) is 0 Å². The average molecular weight is 286 g/mol. The number of halogens is 1. The predicted octanol–water partition coefficient (Wildman–Crippen LogP) is 4.16. The highest BCUT2D eigenvalue weighted by atomic mass is 35.5.